The average molecular weight is 605 g/mol. The fourth-order valence-corrected chi connectivity index (χ4v) is 5.38. The molecule has 21 nitrogen and oxygen atoms in total. The number of aliphatic hydroxyl groups excluding tert-OH is 5. The van der Waals surface area contributed by atoms with Crippen molar-refractivity contribution in [2.24, 2.45) is 5.73 Å². The lowest BCUT2D eigenvalue weighted by molar-refractivity contribution is -0.0542. The van der Waals surface area contributed by atoms with Crippen LogP contribution in [-0.4, -0.2) is 105 Å². The zero-order valence-electron chi connectivity index (χ0n) is 18.4. The van der Waals surface area contributed by atoms with E-state index in [-0.39, 0.29) is 0 Å². The highest BCUT2D eigenvalue weighted by molar-refractivity contribution is 7.66. The maximum atomic E-state index is 11.7. The summed E-state index contributed by atoms with van der Waals surface area (Å²) in [6.45, 7) is -2.25. The van der Waals surface area contributed by atoms with Crippen molar-refractivity contribution in [3.63, 3.8) is 0 Å². The Morgan fingerprint density at radius 1 is 0.973 bits per heavy atom. The molecule has 0 bridgehead atoms. The molecule has 0 amide bonds. The number of H-pyrrole nitrogens is 1. The molecule has 2 heterocycles. The predicted octanol–water partition coefficient (Wildman–Crippen LogP) is -4.84. The zero-order valence-corrected chi connectivity index (χ0v) is 21.0. The Bertz CT molecular complexity index is 1140. The number of ether oxygens (including phenoxy) is 1. The van der Waals surface area contributed by atoms with E-state index in [0.29, 0.717) is 4.57 Å². The van der Waals surface area contributed by atoms with E-state index < -0.39 is 91.2 Å². The van der Waals surface area contributed by atoms with Crippen molar-refractivity contribution in [3.8, 4) is 0 Å². The third-order valence-electron chi connectivity index (χ3n) is 4.23. The van der Waals surface area contributed by atoms with Gasteiger partial charge in [0.25, 0.3) is 5.56 Å². The molecule has 1 saturated heterocycles. The Hall–Kier alpha value is -1.19. The Morgan fingerprint density at radius 3 is 1.95 bits per heavy atom. The standard InChI is InChI=1S/C9H15N2O15P3.C4H11NO3/c12-5-1-2-11(9(15)10-5)8-7(14)6(13)4(24-8)3-23-28(19,20)26-29(21,22)25-27(16,17)18;5-4(1-6,2-7)3-8/h1-2,4,6-8,13-14H,3H2,(H,19,20)(H,21,22)(H,10,12,15)(H2,16,17,18);6-8H,1-3,5H2/t4-,6-,7-,8-;/m1./s1. The summed E-state index contributed by atoms with van der Waals surface area (Å²) >= 11 is 0. The number of nitrogens with two attached hydrogens (primary N) is 1. The molecule has 37 heavy (non-hydrogen) atoms. The first kappa shape index (κ1) is 33.8. The number of nitrogens with one attached hydrogen (secondary N) is 1. The van der Waals surface area contributed by atoms with Crippen molar-refractivity contribution in [1.29, 1.82) is 0 Å². The quantitative estimate of drug-likeness (QED) is 0.105. The molecule has 0 spiro atoms. The molecular formula is C13H26N3O18P3. The molecule has 6 atom stereocenters. The number of hydrogen-bond donors (Lipinski definition) is 11. The summed E-state index contributed by atoms with van der Waals surface area (Å²) in [6, 6.07) is 0.920. The first-order valence-corrected chi connectivity index (χ1v) is 14.0. The largest absolute Gasteiger partial charge is 0.490 e. The minimum absolute atomic E-state index is 0.403. The van der Waals surface area contributed by atoms with E-state index in [0.717, 1.165) is 12.3 Å². The second-order valence-corrected chi connectivity index (χ2v) is 11.7. The first-order valence-electron chi connectivity index (χ1n) is 9.51. The Labute approximate surface area is 205 Å². The third kappa shape index (κ3) is 10.8. The van der Waals surface area contributed by atoms with Crippen LogP contribution in [0.1, 0.15) is 6.23 Å². The van der Waals surface area contributed by atoms with Crippen molar-refractivity contribution in [2.45, 2.75) is 30.1 Å². The third-order valence-corrected chi connectivity index (χ3v) is 8.03. The molecule has 1 fully saturated rings. The van der Waals surface area contributed by atoms with Gasteiger partial charge in [-0.25, -0.2) is 18.5 Å². The lowest BCUT2D eigenvalue weighted by Gasteiger charge is -2.20. The number of aliphatic hydroxyl groups is 5. The van der Waals surface area contributed by atoms with Gasteiger partial charge in [-0.05, 0) is 0 Å². The highest BCUT2D eigenvalue weighted by Gasteiger charge is 2.46. The number of hydrogen-bond acceptors (Lipinski definition) is 15. The number of rotatable bonds is 11. The van der Waals surface area contributed by atoms with Crippen molar-refractivity contribution in [2.75, 3.05) is 26.4 Å². The molecule has 216 valence electrons. The van der Waals surface area contributed by atoms with Gasteiger partial charge in [0.05, 0.1) is 32.0 Å². The van der Waals surface area contributed by atoms with Crippen LogP contribution < -0.4 is 17.0 Å². The molecule has 1 aliphatic heterocycles. The van der Waals surface area contributed by atoms with Gasteiger partial charge in [0.15, 0.2) is 6.23 Å². The monoisotopic (exact) mass is 605 g/mol. The van der Waals surface area contributed by atoms with Gasteiger partial charge < -0.3 is 55.6 Å². The number of aromatic nitrogens is 2. The van der Waals surface area contributed by atoms with Crippen LogP contribution in [0.2, 0.25) is 0 Å². The summed E-state index contributed by atoms with van der Waals surface area (Å²) in [7, 11) is -16.8. The number of aromatic amines is 1. The SMILES string of the molecule is NC(CO)(CO)CO.O=c1ccn([C@@H]2O[C@H](COP(=O)(O)OP(=O)(O)OP(=O)(O)O)[C@@H](O)[C@H]2O)c(=O)[nH]1. The Balaban J connectivity index is 0.000000738. The number of phosphoric acid groups is 3. The van der Waals surface area contributed by atoms with Gasteiger partial charge in [0.2, 0.25) is 0 Å². The summed E-state index contributed by atoms with van der Waals surface area (Å²) in [6.07, 6.45) is -5.70. The van der Waals surface area contributed by atoms with Crippen molar-refractivity contribution in [1.82, 2.24) is 9.55 Å². The number of phosphoric ester groups is 1. The summed E-state index contributed by atoms with van der Waals surface area (Å²) in [5.41, 5.74) is 2.19. The second-order valence-electron chi connectivity index (χ2n) is 7.29. The minimum Gasteiger partial charge on any atom is -0.394 e. The molecule has 12 N–H and O–H groups in total. The Morgan fingerprint density at radius 2 is 1.51 bits per heavy atom. The van der Waals surface area contributed by atoms with Gasteiger partial charge in [0, 0.05) is 12.3 Å². The highest BCUT2D eigenvalue weighted by atomic mass is 31.3. The van der Waals surface area contributed by atoms with E-state index in [9.17, 15) is 38.4 Å². The molecule has 1 aromatic heterocycles. The second kappa shape index (κ2) is 13.2. The van der Waals surface area contributed by atoms with Crippen LogP contribution in [0.15, 0.2) is 21.9 Å². The van der Waals surface area contributed by atoms with Crippen LogP contribution >= 0.6 is 23.5 Å². The highest BCUT2D eigenvalue weighted by Crippen LogP contribution is 2.66. The van der Waals surface area contributed by atoms with Gasteiger partial charge in [-0.1, -0.05) is 0 Å². The van der Waals surface area contributed by atoms with Crippen LogP contribution in [0.3, 0.4) is 0 Å². The molecule has 0 aromatic carbocycles. The number of nitrogens with zero attached hydrogens (tertiary/aromatic N) is 1. The fourth-order valence-electron chi connectivity index (χ4n) is 2.35. The average Bonchev–Trinajstić information content (AvgIpc) is 3.03. The fraction of sp³-hybridized carbons (Fsp3) is 0.692. The molecule has 0 saturated carbocycles. The topological polar surface area (TPSA) is 351 Å². The summed E-state index contributed by atoms with van der Waals surface area (Å²) in [4.78, 5) is 59.9. The van der Waals surface area contributed by atoms with E-state index in [2.05, 4.69) is 13.1 Å². The van der Waals surface area contributed by atoms with E-state index in [1.54, 1.807) is 0 Å². The van der Waals surface area contributed by atoms with Gasteiger partial charge in [-0.2, -0.15) is 8.62 Å². The van der Waals surface area contributed by atoms with Gasteiger partial charge in [0.1, 0.15) is 18.3 Å². The molecule has 2 rings (SSSR count). The molecule has 1 aromatic rings. The van der Waals surface area contributed by atoms with Gasteiger partial charge in [-0.3, -0.25) is 18.9 Å². The molecule has 2 unspecified atom stereocenters. The maximum absolute atomic E-state index is 11.7. The van der Waals surface area contributed by atoms with E-state index in [1.807, 2.05) is 4.98 Å². The van der Waals surface area contributed by atoms with Gasteiger partial charge in [-0.15, -0.1) is 0 Å². The molecule has 1 aliphatic rings. The molecule has 0 radical (unpaired) electrons. The lowest BCUT2D eigenvalue weighted by atomic mass is 10.1. The lowest BCUT2D eigenvalue weighted by Crippen LogP contribution is -2.50. The van der Waals surface area contributed by atoms with Crippen LogP contribution in [0, 0.1) is 0 Å². The van der Waals surface area contributed by atoms with E-state index in [1.165, 1.54) is 0 Å². The van der Waals surface area contributed by atoms with E-state index in [4.69, 9.17) is 40.5 Å². The summed E-state index contributed by atoms with van der Waals surface area (Å²) in [5, 5.41) is 44.9. The summed E-state index contributed by atoms with van der Waals surface area (Å²) in [5.74, 6) is 0. The normalized spacial score (nSPS) is 25.6. The van der Waals surface area contributed by atoms with E-state index >= 15 is 0 Å². The summed E-state index contributed by atoms with van der Waals surface area (Å²) < 4.78 is 50.6. The zero-order chi connectivity index (χ0) is 28.8. The van der Waals surface area contributed by atoms with Gasteiger partial charge >= 0.3 is 29.2 Å². The van der Waals surface area contributed by atoms with Crippen LogP contribution in [0.25, 0.3) is 0 Å². The van der Waals surface area contributed by atoms with Crippen LogP contribution in [-0.2, 0) is 31.6 Å². The smallest absolute Gasteiger partial charge is 0.394 e. The predicted molar refractivity (Wildman–Crippen MR) is 115 cm³/mol. The molecule has 0 aliphatic carbocycles. The molecular weight excluding hydrogens is 579 g/mol. The molecule has 24 heteroatoms. The van der Waals surface area contributed by atoms with Crippen LogP contribution in [0.5, 0.6) is 0 Å². The van der Waals surface area contributed by atoms with Crippen molar-refractivity contribution in [3.05, 3.63) is 33.1 Å². The first-order chi connectivity index (χ1) is 16.8. The maximum Gasteiger partial charge on any atom is 0.490 e. The van der Waals surface area contributed by atoms with Crippen molar-refractivity contribution < 1.29 is 76.7 Å². The van der Waals surface area contributed by atoms with Crippen LogP contribution in [0.4, 0.5) is 0 Å². The van der Waals surface area contributed by atoms with Crippen molar-refractivity contribution >= 4 is 23.5 Å². The minimum atomic E-state index is -5.73. The Kier molecular flexibility index (Phi) is 12.1.